The molecule has 2 spiro atoms. The van der Waals surface area contributed by atoms with E-state index in [0.717, 1.165) is 11.1 Å². The summed E-state index contributed by atoms with van der Waals surface area (Å²) in [4.78, 5) is 8.56. The van der Waals surface area contributed by atoms with Crippen molar-refractivity contribution in [2.45, 2.75) is 54.9 Å². The van der Waals surface area contributed by atoms with Crippen molar-refractivity contribution in [3.63, 3.8) is 0 Å². The fraction of sp³-hybridized carbons (Fsp3) is 0.478. The van der Waals surface area contributed by atoms with Crippen LogP contribution in [0.3, 0.4) is 0 Å². The molecule has 0 saturated heterocycles. The molecule has 162 valence electrons. The Hall–Kier alpha value is -2.15. The van der Waals surface area contributed by atoms with E-state index in [9.17, 15) is 4.39 Å². The number of pyridine rings is 1. The fourth-order valence-corrected chi connectivity index (χ4v) is 6.42. The van der Waals surface area contributed by atoms with Crippen LogP contribution in [0.5, 0.6) is 0 Å². The number of benzene rings is 1. The van der Waals surface area contributed by atoms with Gasteiger partial charge in [0, 0.05) is 17.2 Å². The zero-order valence-electron chi connectivity index (χ0n) is 19.0. The molecule has 1 aromatic carbocycles. The van der Waals surface area contributed by atoms with Crippen LogP contribution in [0.1, 0.15) is 37.3 Å². The van der Waals surface area contributed by atoms with Crippen molar-refractivity contribution >= 4 is 45.3 Å². The van der Waals surface area contributed by atoms with E-state index in [-0.39, 0.29) is 18.0 Å². The normalized spacial score (nSPS) is 31.9. The average molecular weight is 444 g/mol. The van der Waals surface area contributed by atoms with Crippen LogP contribution in [0.4, 0.5) is 4.39 Å². The Morgan fingerprint density at radius 1 is 1.24 bits per heavy atom. The van der Waals surface area contributed by atoms with Gasteiger partial charge in [-0.15, -0.1) is 0 Å². The minimum atomic E-state index is -1.73. The summed E-state index contributed by atoms with van der Waals surface area (Å²) in [5.74, 6) is -0.556. The van der Waals surface area contributed by atoms with E-state index in [1.54, 1.807) is 12.1 Å². The SMILES string of the molecule is [B]C([B])([B])O[C@@H]1CC[C@]2(Cc3ccc(-c4cccnc4F)cc3[C@]23N=C(N)OC3([B])[B])C[C@H]1C. The van der Waals surface area contributed by atoms with Crippen LogP contribution in [0.15, 0.2) is 41.5 Å². The lowest BCUT2D eigenvalue weighted by Crippen LogP contribution is -2.60. The van der Waals surface area contributed by atoms with Crippen LogP contribution in [0, 0.1) is 17.3 Å². The Bertz CT molecular complexity index is 1170. The number of nitrogens with zero attached hydrogens (tertiary/aromatic N) is 2. The second-order valence-electron chi connectivity index (χ2n) is 9.96. The molecule has 2 aliphatic carbocycles. The van der Waals surface area contributed by atoms with Crippen molar-refractivity contribution in [3.8, 4) is 11.1 Å². The maximum Gasteiger partial charge on any atom is 0.281 e. The summed E-state index contributed by atoms with van der Waals surface area (Å²) < 4.78 is 25.9. The van der Waals surface area contributed by atoms with Gasteiger partial charge in [0.2, 0.25) is 5.95 Å². The smallest absolute Gasteiger partial charge is 0.281 e. The second-order valence-corrected chi connectivity index (χ2v) is 9.96. The molecule has 1 fully saturated rings. The lowest BCUT2D eigenvalue weighted by atomic mass is 9.44. The molecule has 1 aliphatic heterocycles. The average Bonchev–Trinajstić information content (AvgIpc) is 3.14. The van der Waals surface area contributed by atoms with E-state index in [1.165, 1.54) is 6.20 Å². The van der Waals surface area contributed by atoms with E-state index >= 15 is 0 Å². The monoisotopic (exact) mass is 445 g/mol. The summed E-state index contributed by atoms with van der Waals surface area (Å²) in [6, 6.07) is 8.99. The summed E-state index contributed by atoms with van der Waals surface area (Å²) in [6.07, 6.45) is 3.68. The summed E-state index contributed by atoms with van der Waals surface area (Å²) >= 11 is 0. The highest BCUT2D eigenvalue weighted by Gasteiger charge is 2.68. The Balaban J connectivity index is 1.63. The largest absolute Gasteiger partial charge is 0.476 e. The standard InChI is InChI=1S/C23H21B5FN3O2/c1-12-10-20(7-6-17(12)33-23(26,27)28)11-14-5-4-13(15-3-2-8-31-18(15)29)9-16(14)21(20)22(24,25)34-19(30)32-21/h2-5,8-9,12,17H,6-7,10-11H2,1H3,(H2,30,32)/t12-,17-,20-,21+/m1/s1. The number of amidine groups is 1. The number of hydrogen-bond donors (Lipinski definition) is 1. The molecule has 3 aliphatic rings. The van der Waals surface area contributed by atoms with E-state index in [0.29, 0.717) is 36.8 Å². The fourth-order valence-electron chi connectivity index (χ4n) is 6.42. The van der Waals surface area contributed by atoms with Gasteiger partial charge in [-0.1, -0.05) is 19.1 Å². The van der Waals surface area contributed by atoms with Crippen LogP contribution in [0.2, 0.25) is 0 Å². The van der Waals surface area contributed by atoms with Crippen LogP contribution < -0.4 is 5.73 Å². The molecule has 0 amide bonds. The highest BCUT2D eigenvalue weighted by atomic mass is 19.1. The van der Waals surface area contributed by atoms with Crippen molar-refractivity contribution in [2.75, 3.05) is 0 Å². The number of aliphatic imine (C=N–C) groups is 1. The van der Waals surface area contributed by atoms with Crippen LogP contribution in [0.25, 0.3) is 11.1 Å². The van der Waals surface area contributed by atoms with Gasteiger partial charge < -0.3 is 15.2 Å². The van der Waals surface area contributed by atoms with E-state index in [1.807, 2.05) is 25.1 Å². The third-order valence-electron chi connectivity index (χ3n) is 7.59. The van der Waals surface area contributed by atoms with Crippen molar-refractivity contribution in [3.05, 3.63) is 53.6 Å². The number of ether oxygens (including phenoxy) is 2. The van der Waals surface area contributed by atoms with Gasteiger partial charge in [-0.25, -0.2) is 9.98 Å². The van der Waals surface area contributed by atoms with Gasteiger partial charge >= 0.3 is 0 Å². The zero-order valence-corrected chi connectivity index (χ0v) is 19.0. The number of halogens is 1. The Morgan fingerprint density at radius 3 is 2.62 bits per heavy atom. The van der Waals surface area contributed by atoms with Gasteiger partial charge in [-0.2, -0.15) is 4.39 Å². The third-order valence-corrected chi connectivity index (χ3v) is 7.59. The van der Waals surface area contributed by atoms with E-state index < -0.39 is 27.6 Å². The van der Waals surface area contributed by atoms with Crippen molar-refractivity contribution < 1.29 is 13.9 Å². The topological polar surface area (TPSA) is 69.7 Å². The Labute approximate surface area is 205 Å². The Morgan fingerprint density at radius 2 is 2.00 bits per heavy atom. The number of aromatic nitrogens is 1. The van der Waals surface area contributed by atoms with E-state index in [4.69, 9.17) is 59.4 Å². The first-order valence-corrected chi connectivity index (χ1v) is 11.3. The van der Waals surface area contributed by atoms with Gasteiger partial charge in [-0.05, 0) is 71.8 Å². The molecular weight excluding hydrogens is 423 g/mol. The van der Waals surface area contributed by atoms with Crippen LogP contribution in [-0.2, 0) is 21.4 Å². The quantitative estimate of drug-likeness (QED) is 0.572. The molecule has 11 heteroatoms. The maximum absolute atomic E-state index is 14.5. The van der Waals surface area contributed by atoms with E-state index in [2.05, 4.69) is 4.98 Å². The minimum Gasteiger partial charge on any atom is -0.476 e. The second kappa shape index (κ2) is 7.68. The molecule has 10 radical (unpaired) electrons. The summed E-state index contributed by atoms with van der Waals surface area (Å²) in [5, 5.41) is -3.44. The van der Waals surface area contributed by atoms with Gasteiger partial charge in [-0.3, -0.25) is 0 Å². The van der Waals surface area contributed by atoms with Crippen molar-refractivity contribution in [2.24, 2.45) is 22.1 Å². The third kappa shape index (κ3) is 3.45. The van der Waals surface area contributed by atoms with Gasteiger partial charge in [0.25, 0.3) is 6.02 Å². The first-order valence-electron chi connectivity index (χ1n) is 11.3. The number of nitrogens with two attached hydrogens (primary N) is 1. The maximum atomic E-state index is 14.5. The number of fused-ring (bicyclic) bond motifs is 3. The van der Waals surface area contributed by atoms with Crippen molar-refractivity contribution in [1.29, 1.82) is 0 Å². The molecule has 5 nitrogen and oxygen atoms in total. The molecule has 0 bridgehead atoms. The molecular formula is C23H21B5FN3O2. The lowest BCUT2D eigenvalue weighted by molar-refractivity contribution is -0.0743. The van der Waals surface area contributed by atoms with Gasteiger partial charge in [0.05, 0.1) is 35.0 Å². The predicted octanol–water partition coefficient (Wildman–Crippen LogP) is 1.28. The number of hydrogen-bond acceptors (Lipinski definition) is 5. The molecule has 4 atom stereocenters. The van der Waals surface area contributed by atoms with Crippen LogP contribution in [-0.4, -0.2) is 67.0 Å². The van der Waals surface area contributed by atoms with Crippen LogP contribution >= 0.6 is 0 Å². The lowest BCUT2D eigenvalue weighted by Gasteiger charge is -2.54. The summed E-state index contributed by atoms with van der Waals surface area (Å²) in [6.45, 7) is 2.04. The molecule has 1 saturated carbocycles. The molecule has 2 N–H and O–H groups in total. The molecule has 2 aromatic rings. The van der Waals surface area contributed by atoms with Gasteiger partial charge in [0.1, 0.15) is 21.2 Å². The van der Waals surface area contributed by atoms with Gasteiger partial charge in [0.15, 0.2) is 0 Å². The Kier molecular flexibility index (Phi) is 5.33. The van der Waals surface area contributed by atoms with Crippen molar-refractivity contribution in [1.82, 2.24) is 4.98 Å². The first kappa shape index (κ1) is 23.6. The zero-order chi connectivity index (χ0) is 24.5. The summed E-state index contributed by atoms with van der Waals surface area (Å²) in [5.41, 5.74) is 7.14. The molecule has 34 heavy (non-hydrogen) atoms. The highest BCUT2D eigenvalue weighted by molar-refractivity contribution is 6.58. The molecule has 0 unspecified atom stereocenters. The summed E-state index contributed by atoms with van der Waals surface area (Å²) in [7, 11) is 30.3. The predicted molar refractivity (Wildman–Crippen MR) is 132 cm³/mol. The molecule has 5 rings (SSSR count). The minimum absolute atomic E-state index is 0.0121. The molecule has 1 aromatic heterocycles. The first-order chi connectivity index (χ1) is 15.9. The number of rotatable bonds is 3. The molecule has 2 heterocycles. The highest BCUT2D eigenvalue weighted by Crippen LogP contribution is 2.66.